The fraction of sp³-hybridized carbons (Fsp3) is 0.119. The third-order valence-corrected chi connectivity index (χ3v) is 8.06. The van der Waals surface area contributed by atoms with Gasteiger partial charge in [0.2, 0.25) is 5.89 Å². The maximum Gasteiger partial charge on any atom is 0.227 e. The van der Waals surface area contributed by atoms with Gasteiger partial charge in [0.05, 0.1) is 22.4 Å². The molecule has 0 aliphatic carbocycles. The molecule has 2 heterocycles. The SMILES string of the molecule is C=CCOc1cc2oc(-c3ccc(/C=C/c4ccc5nc(-c6ccccc6)c(-c6ccccc6)nc5c4)cc3)nc2cc1C(C)(C)C. The van der Waals surface area contributed by atoms with E-state index in [0.29, 0.717) is 18.1 Å². The van der Waals surface area contributed by atoms with Crippen molar-refractivity contribution in [2.45, 2.75) is 26.2 Å². The second-order valence-electron chi connectivity index (χ2n) is 12.5. The normalized spacial score (nSPS) is 11.8. The van der Waals surface area contributed by atoms with Crippen LogP contribution in [0.25, 0.3) is 68.3 Å². The first kappa shape index (κ1) is 29.9. The van der Waals surface area contributed by atoms with Gasteiger partial charge >= 0.3 is 0 Å². The molecule has 0 radical (unpaired) electrons. The van der Waals surface area contributed by atoms with E-state index in [-0.39, 0.29) is 5.41 Å². The van der Waals surface area contributed by atoms with E-state index < -0.39 is 0 Å². The number of hydrogen-bond donors (Lipinski definition) is 0. The Morgan fingerprint density at radius 1 is 0.638 bits per heavy atom. The molecule has 0 saturated carbocycles. The second kappa shape index (κ2) is 12.5. The maximum absolute atomic E-state index is 6.18. The highest BCUT2D eigenvalue weighted by Gasteiger charge is 2.22. The van der Waals surface area contributed by atoms with Gasteiger partial charge in [0.1, 0.15) is 17.9 Å². The lowest BCUT2D eigenvalue weighted by Gasteiger charge is -2.22. The summed E-state index contributed by atoms with van der Waals surface area (Å²) in [6, 6.07) is 38.9. The molecule has 2 aromatic heterocycles. The number of benzene rings is 5. The van der Waals surface area contributed by atoms with Gasteiger partial charge in [0, 0.05) is 28.3 Å². The average molecular weight is 614 g/mol. The predicted molar refractivity (Wildman–Crippen MR) is 193 cm³/mol. The molecule has 0 saturated heterocycles. The predicted octanol–water partition coefficient (Wildman–Crippen LogP) is 10.8. The molecule has 0 aliphatic heterocycles. The van der Waals surface area contributed by atoms with Crippen LogP contribution < -0.4 is 4.74 Å². The highest BCUT2D eigenvalue weighted by Crippen LogP contribution is 2.37. The molecule has 0 amide bonds. The van der Waals surface area contributed by atoms with Crippen molar-refractivity contribution in [3.63, 3.8) is 0 Å². The zero-order valence-electron chi connectivity index (χ0n) is 26.8. The number of ether oxygens (including phenoxy) is 1. The van der Waals surface area contributed by atoms with Crippen LogP contribution in [0.5, 0.6) is 5.75 Å². The zero-order chi connectivity index (χ0) is 32.4. The van der Waals surface area contributed by atoms with Crippen LogP contribution in [0.1, 0.15) is 37.5 Å². The molecule has 7 rings (SSSR count). The highest BCUT2D eigenvalue weighted by molar-refractivity contribution is 5.88. The summed E-state index contributed by atoms with van der Waals surface area (Å²) in [6.07, 6.45) is 5.94. The molecule has 0 N–H and O–H groups in total. The lowest BCUT2D eigenvalue weighted by molar-refractivity contribution is 0.351. The molecule has 0 bridgehead atoms. The largest absolute Gasteiger partial charge is 0.489 e. The molecule has 0 atom stereocenters. The van der Waals surface area contributed by atoms with Gasteiger partial charge in [-0.3, -0.25) is 0 Å². The van der Waals surface area contributed by atoms with Crippen molar-refractivity contribution in [3.05, 3.63) is 145 Å². The Kier molecular flexibility index (Phi) is 7.96. The van der Waals surface area contributed by atoms with E-state index >= 15 is 0 Å². The Morgan fingerprint density at radius 3 is 1.89 bits per heavy atom. The maximum atomic E-state index is 6.18. The first-order valence-electron chi connectivity index (χ1n) is 15.8. The molecule has 0 fully saturated rings. The van der Waals surface area contributed by atoms with Crippen LogP contribution in [0.4, 0.5) is 0 Å². The van der Waals surface area contributed by atoms with Crippen LogP contribution in [0.2, 0.25) is 0 Å². The minimum absolute atomic E-state index is 0.106. The molecule has 230 valence electrons. The molecule has 47 heavy (non-hydrogen) atoms. The van der Waals surface area contributed by atoms with Crippen molar-refractivity contribution >= 4 is 34.3 Å². The van der Waals surface area contributed by atoms with E-state index in [2.05, 4.69) is 94.1 Å². The van der Waals surface area contributed by atoms with Crippen LogP contribution >= 0.6 is 0 Å². The van der Waals surface area contributed by atoms with Crippen molar-refractivity contribution in [2.24, 2.45) is 0 Å². The van der Waals surface area contributed by atoms with Gasteiger partial charge in [0.25, 0.3) is 0 Å². The van der Waals surface area contributed by atoms with E-state index in [1.54, 1.807) is 6.08 Å². The summed E-state index contributed by atoms with van der Waals surface area (Å²) in [5.74, 6) is 1.37. The van der Waals surface area contributed by atoms with E-state index in [1.807, 2.05) is 60.7 Å². The summed E-state index contributed by atoms with van der Waals surface area (Å²) in [7, 11) is 0. The smallest absolute Gasteiger partial charge is 0.227 e. The average Bonchev–Trinajstić information content (AvgIpc) is 3.52. The monoisotopic (exact) mass is 613 g/mol. The van der Waals surface area contributed by atoms with Crippen molar-refractivity contribution in [1.29, 1.82) is 0 Å². The van der Waals surface area contributed by atoms with Crippen LogP contribution in [-0.2, 0) is 5.41 Å². The van der Waals surface area contributed by atoms with Crippen molar-refractivity contribution < 1.29 is 9.15 Å². The van der Waals surface area contributed by atoms with Crippen LogP contribution in [-0.4, -0.2) is 21.6 Å². The summed E-state index contributed by atoms with van der Waals surface area (Å²) < 4.78 is 12.2. The molecule has 5 nitrogen and oxygen atoms in total. The summed E-state index contributed by atoms with van der Waals surface area (Å²) in [5.41, 5.74) is 11.0. The number of aromatic nitrogens is 3. The van der Waals surface area contributed by atoms with Gasteiger partial charge in [-0.1, -0.05) is 124 Å². The first-order valence-corrected chi connectivity index (χ1v) is 15.8. The third kappa shape index (κ3) is 6.34. The summed E-state index contributed by atoms with van der Waals surface area (Å²) in [4.78, 5) is 15.0. The highest BCUT2D eigenvalue weighted by atomic mass is 16.5. The Bertz CT molecular complexity index is 2230. The van der Waals surface area contributed by atoms with Gasteiger partial charge in [-0.15, -0.1) is 0 Å². The fourth-order valence-electron chi connectivity index (χ4n) is 5.63. The lowest BCUT2D eigenvalue weighted by Crippen LogP contribution is -2.13. The molecular weight excluding hydrogens is 578 g/mol. The lowest BCUT2D eigenvalue weighted by atomic mass is 9.86. The fourth-order valence-corrected chi connectivity index (χ4v) is 5.63. The van der Waals surface area contributed by atoms with E-state index in [4.69, 9.17) is 24.1 Å². The molecule has 0 aliphatic rings. The molecule has 5 heteroatoms. The number of hydrogen-bond acceptors (Lipinski definition) is 5. The molecule has 7 aromatic rings. The van der Waals surface area contributed by atoms with Crippen molar-refractivity contribution in [1.82, 2.24) is 15.0 Å². The third-order valence-electron chi connectivity index (χ3n) is 8.06. The zero-order valence-corrected chi connectivity index (χ0v) is 26.8. The Labute approximate surface area is 274 Å². The van der Waals surface area contributed by atoms with Gasteiger partial charge < -0.3 is 9.15 Å². The Morgan fingerprint density at radius 2 is 1.26 bits per heavy atom. The summed E-state index contributed by atoms with van der Waals surface area (Å²) in [6.45, 7) is 10.7. The Balaban J connectivity index is 1.16. The number of fused-ring (bicyclic) bond motifs is 2. The topological polar surface area (TPSA) is 61.0 Å². The Hall–Kier alpha value is -5.81. The van der Waals surface area contributed by atoms with Crippen LogP contribution in [0, 0.1) is 0 Å². The van der Waals surface area contributed by atoms with Gasteiger partial charge in [0.15, 0.2) is 5.58 Å². The number of oxazole rings is 1. The van der Waals surface area contributed by atoms with Crippen LogP contribution in [0.3, 0.4) is 0 Å². The quantitative estimate of drug-likeness (QED) is 0.126. The van der Waals surface area contributed by atoms with E-state index in [1.165, 1.54) is 0 Å². The summed E-state index contributed by atoms with van der Waals surface area (Å²) >= 11 is 0. The molecule has 0 unspecified atom stereocenters. The standard InChI is InChI=1S/C42H35N3O2/c1-5-24-46-37-27-38-36(26-33(37)42(2,3)4)45-41(47-38)32-21-18-28(19-22-32)16-17-29-20-23-34-35(25-29)44-40(31-14-10-7-11-15-31)39(43-34)30-12-8-6-9-13-30/h5-23,25-27H,1,24H2,2-4H3/b17-16+. The molecular formula is C42H35N3O2. The van der Waals surface area contributed by atoms with E-state index in [9.17, 15) is 0 Å². The van der Waals surface area contributed by atoms with Gasteiger partial charge in [-0.25, -0.2) is 15.0 Å². The summed E-state index contributed by atoms with van der Waals surface area (Å²) in [5, 5.41) is 0. The molecule has 0 spiro atoms. The number of rotatable bonds is 8. The first-order chi connectivity index (χ1) is 22.9. The minimum atomic E-state index is -0.106. The van der Waals surface area contributed by atoms with Crippen molar-refractivity contribution in [3.8, 4) is 39.7 Å². The van der Waals surface area contributed by atoms with Gasteiger partial charge in [-0.2, -0.15) is 0 Å². The van der Waals surface area contributed by atoms with Crippen molar-refractivity contribution in [2.75, 3.05) is 6.61 Å². The van der Waals surface area contributed by atoms with Gasteiger partial charge in [-0.05, 0) is 46.9 Å². The minimum Gasteiger partial charge on any atom is -0.489 e. The second-order valence-corrected chi connectivity index (χ2v) is 12.5. The van der Waals surface area contributed by atoms with Crippen LogP contribution in [0.15, 0.2) is 132 Å². The molecule has 5 aromatic carbocycles. The van der Waals surface area contributed by atoms with E-state index in [0.717, 1.165) is 67.1 Å². The number of nitrogens with zero attached hydrogens (tertiary/aromatic N) is 3.